The van der Waals surface area contributed by atoms with Gasteiger partial charge in [-0.2, -0.15) is 0 Å². The summed E-state index contributed by atoms with van der Waals surface area (Å²) in [7, 11) is 3.86. The number of ether oxygens (including phenoxy) is 2. The maximum absolute atomic E-state index is 5.79. The summed E-state index contributed by atoms with van der Waals surface area (Å²) in [6.07, 6.45) is 1.79. The van der Waals surface area contributed by atoms with Crippen molar-refractivity contribution >= 4 is 5.96 Å². The van der Waals surface area contributed by atoms with Crippen LogP contribution in [0, 0.1) is 6.92 Å². The van der Waals surface area contributed by atoms with Gasteiger partial charge in [-0.05, 0) is 19.4 Å². The number of aryl methyl sites for hydroxylation is 1. The van der Waals surface area contributed by atoms with E-state index in [1.807, 2.05) is 0 Å². The molecule has 0 amide bonds. The van der Waals surface area contributed by atoms with Gasteiger partial charge in [-0.1, -0.05) is 29.8 Å². The number of hydrogen-bond donors (Lipinski definition) is 1. The first-order valence-corrected chi connectivity index (χ1v) is 8.76. The predicted octanol–water partition coefficient (Wildman–Crippen LogP) is 2.59. The second kappa shape index (κ2) is 9.04. The van der Waals surface area contributed by atoms with Crippen LogP contribution in [0.2, 0.25) is 0 Å². The molecule has 134 valence electrons. The first kappa shape index (κ1) is 18.7. The number of rotatable bonds is 6. The summed E-state index contributed by atoms with van der Waals surface area (Å²) < 4.78 is 11.2. The molecule has 1 aromatic rings. The molecule has 0 aromatic heterocycles. The lowest BCUT2D eigenvalue weighted by Crippen LogP contribution is -2.44. The Bertz CT molecular complexity index is 522. The Balaban J connectivity index is 2.04. The average molecular weight is 333 g/mol. The van der Waals surface area contributed by atoms with Gasteiger partial charge in [0.05, 0.1) is 12.1 Å². The van der Waals surface area contributed by atoms with Crippen LogP contribution < -0.4 is 5.32 Å². The molecule has 1 N–H and O–H groups in total. The molecule has 0 atom stereocenters. The summed E-state index contributed by atoms with van der Waals surface area (Å²) in [6, 6.07) is 8.64. The van der Waals surface area contributed by atoms with Crippen molar-refractivity contribution in [1.82, 2.24) is 10.2 Å². The molecule has 0 spiro atoms. The zero-order valence-corrected chi connectivity index (χ0v) is 15.5. The highest BCUT2D eigenvalue weighted by Crippen LogP contribution is 2.24. The molecular weight excluding hydrogens is 302 g/mol. The normalized spacial score (nSPS) is 17.6. The number of guanidine groups is 1. The fourth-order valence-corrected chi connectivity index (χ4v) is 2.90. The van der Waals surface area contributed by atoms with E-state index in [1.165, 1.54) is 11.1 Å². The van der Waals surface area contributed by atoms with Gasteiger partial charge in [0.25, 0.3) is 0 Å². The number of nitrogens with one attached hydrogen (secondary N) is 1. The molecule has 1 aliphatic rings. The van der Waals surface area contributed by atoms with Gasteiger partial charge in [0, 0.05) is 53.3 Å². The van der Waals surface area contributed by atoms with Crippen molar-refractivity contribution in [3.8, 4) is 0 Å². The molecule has 1 fully saturated rings. The molecule has 2 rings (SSSR count). The quantitative estimate of drug-likeness (QED) is 0.642. The van der Waals surface area contributed by atoms with Gasteiger partial charge in [-0.25, -0.2) is 0 Å². The first-order chi connectivity index (χ1) is 11.6. The number of nitrogens with zero attached hydrogens (tertiary/aromatic N) is 2. The summed E-state index contributed by atoms with van der Waals surface area (Å²) in [6.45, 7) is 8.04. The summed E-state index contributed by atoms with van der Waals surface area (Å²) in [5.41, 5.74) is 2.37. The lowest BCUT2D eigenvalue weighted by atomic mass is 9.94. The zero-order chi connectivity index (χ0) is 17.4. The monoisotopic (exact) mass is 333 g/mol. The molecule has 0 bridgehead atoms. The summed E-state index contributed by atoms with van der Waals surface area (Å²) in [5.74, 6) is 0.918. The lowest BCUT2D eigenvalue weighted by Gasteiger charge is -2.35. The molecule has 5 nitrogen and oxygen atoms in total. The number of benzene rings is 1. The third-order valence-corrected chi connectivity index (χ3v) is 4.59. The highest BCUT2D eigenvalue weighted by atomic mass is 16.5. The van der Waals surface area contributed by atoms with Crippen molar-refractivity contribution in [3.63, 3.8) is 0 Å². The third-order valence-electron chi connectivity index (χ3n) is 4.59. The molecule has 0 aliphatic carbocycles. The van der Waals surface area contributed by atoms with Crippen molar-refractivity contribution in [3.05, 3.63) is 35.4 Å². The van der Waals surface area contributed by atoms with E-state index in [2.05, 4.69) is 55.4 Å². The van der Waals surface area contributed by atoms with Gasteiger partial charge in [0.15, 0.2) is 5.96 Å². The minimum atomic E-state index is -0.191. The molecule has 1 heterocycles. The molecule has 24 heavy (non-hydrogen) atoms. The van der Waals surface area contributed by atoms with Crippen LogP contribution in [0.15, 0.2) is 29.3 Å². The van der Waals surface area contributed by atoms with E-state index in [4.69, 9.17) is 14.5 Å². The van der Waals surface area contributed by atoms with Crippen molar-refractivity contribution in [2.75, 3.05) is 40.5 Å². The van der Waals surface area contributed by atoms with Gasteiger partial charge in [0.1, 0.15) is 0 Å². The van der Waals surface area contributed by atoms with Crippen LogP contribution in [0.3, 0.4) is 0 Å². The lowest BCUT2D eigenvalue weighted by molar-refractivity contribution is -0.0829. The van der Waals surface area contributed by atoms with Crippen molar-refractivity contribution in [2.45, 2.75) is 38.8 Å². The van der Waals surface area contributed by atoms with Crippen LogP contribution in [0.4, 0.5) is 0 Å². The summed E-state index contributed by atoms with van der Waals surface area (Å²) in [5, 5.41) is 3.38. The van der Waals surface area contributed by atoms with Gasteiger partial charge in [-0.3, -0.25) is 4.99 Å². The van der Waals surface area contributed by atoms with Crippen LogP contribution in [0.5, 0.6) is 0 Å². The topological polar surface area (TPSA) is 46.1 Å². The number of hydrogen-bond acceptors (Lipinski definition) is 3. The van der Waals surface area contributed by atoms with Crippen LogP contribution >= 0.6 is 0 Å². The molecule has 1 aliphatic heterocycles. The maximum atomic E-state index is 5.79. The van der Waals surface area contributed by atoms with E-state index in [9.17, 15) is 0 Å². The Labute approximate surface area is 146 Å². The first-order valence-electron chi connectivity index (χ1n) is 8.76. The fraction of sp³-hybridized carbons (Fsp3) is 0.632. The molecule has 1 saturated heterocycles. The van der Waals surface area contributed by atoms with Gasteiger partial charge in [0.2, 0.25) is 0 Å². The summed E-state index contributed by atoms with van der Waals surface area (Å²) in [4.78, 5) is 7.01. The Morgan fingerprint density at radius 2 is 1.96 bits per heavy atom. The largest absolute Gasteiger partial charge is 0.381 e. The van der Waals surface area contributed by atoms with Gasteiger partial charge in [-0.15, -0.1) is 0 Å². The predicted molar refractivity (Wildman–Crippen MR) is 98.4 cm³/mol. The number of aliphatic imine (C=N–C) groups is 1. The minimum absolute atomic E-state index is 0.191. The van der Waals surface area contributed by atoms with E-state index in [0.29, 0.717) is 6.54 Å². The van der Waals surface area contributed by atoms with Gasteiger partial charge < -0.3 is 19.7 Å². The van der Waals surface area contributed by atoms with Crippen LogP contribution in [0.25, 0.3) is 0 Å². The van der Waals surface area contributed by atoms with Crippen molar-refractivity contribution in [1.29, 1.82) is 0 Å². The third kappa shape index (κ3) is 5.21. The standard InChI is InChI=1S/C19H31N3O2/c1-5-20-18(21-15-19(23-4)10-12-24-13-11-19)22(3)14-17-8-6-16(2)7-9-17/h6-9H,5,10-15H2,1-4H3,(H,20,21). The Kier molecular flexibility index (Phi) is 7.06. The summed E-state index contributed by atoms with van der Waals surface area (Å²) >= 11 is 0. The van der Waals surface area contributed by atoms with E-state index >= 15 is 0 Å². The zero-order valence-electron chi connectivity index (χ0n) is 15.5. The molecule has 0 radical (unpaired) electrons. The Hall–Kier alpha value is -1.59. The molecular formula is C19H31N3O2. The molecule has 0 saturated carbocycles. The Morgan fingerprint density at radius 3 is 2.54 bits per heavy atom. The van der Waals surface area contributed by atoms with Crippen LogP contribution in [-0.4, -0.2) is 56.9 Å². The van der Waals surface area contributed by atoms with E-state index in [-0.39, 0.29) is 5.60 Å². The smallest absolute Gasteiger partial charge is 0.194 e. The SMILES string of the molecule is CCNC(=NCC1(OC)CCOCC1)N(C)Cc1ccc(C)cc1. The fourth-order valence-electron chi connectivity index (χ4n) is 2.90. The van der Waals surface area contributed by atoms with E-state index in [0.717, 1.165) is 45.1 Å². The van der Waals surface area contributed by atoms with Crippen LogP contribution in [0.1, 0.15) is 30.9 Å². The maximum Gasteiger partial charge on any atom is 0.194 e. The second-order valence-electron chi connectivity index (χ2n) is 6.51. The van der Waals surface area contributed by atoms with E-state index < -0.39 is 0 Å². The molecule has 1 aromatic carbocycles. The number of methoxy groups -OCH3 is 1. The molecule has 0 unspecified atom stereocenters. The highest BCUT2D eigenvalue weighted by Gasteiger charge is 2.32. The molecule has 5 heteroatoms. The van der Waals surface area contributed by atoms with Gasteiger partial charge >= 0.3 is 0 Å². The van der Waals surface area contributed by atoms with Crippen molar-refractivity contribution < 1.29 is 9.47 Å². The average Bonchev–Trinajstić information content (AvgIpc) is 2.61. The second-order valence-corrected chi connectivity index (χ2v) is 6.51. The highest BCUT2D eigenvalue weighted by molar-refractivity contribution is 5.79. The van der Waals surface area contributed by atoms with Crippen LogP contribution in [-0.2, 0) is 16.0 Å². The minimum Gasteiger partial charge on any atom is -0.381 e. The van der Waals surface area contributed by atoms with Crippen molar-refractivity contribution in [2.24, 2.45) is 4.99 Å². The Morgan fingerprint density at radius 1 is 1.29 bits per heavy atom. The van der Waals surface area contributed by atoms with E-state index in [1.54, 1.807) is 7.11 Å².